The summed E-state index contributed by atoms with van der Waals surface area (Å²) in [6, 6.07) is 9.94. The molecule has 12 heteroatoms. The Hall–Kier alpha value is -3.67. The Morgan fingerprint density at radius 3 is 2.31 bits per heavy atom. The van der Waals surface area contributed by atoms with Crippen molar-refractivity contribution in [2.75, 3.05) is 22.2 Å². The van der Waals surface area contributed by atoms with Crippen molar-refractivity contribution in [1.82, 2.24) is 4.98 Å². The molecule has 2 fully saturated rings. The van der Waals surface area contributed by atoms with Gasteiger partial charge in [-0.25, -0.2) is 18.1 Å². The van der Waals surface area contributed by atoms with E-state index in [1.165, 1.54) is 11.1 Å². The summed E-state index contributed by atoms with van der Waals surface area (Å²) in [5.41, 5.74) is -4.75. The number of hydrogen-bond donors (Lipinski definition) is 1. The third kappa shape index (κ3) is 3.19. The molecule has 35 heavy (non-hydrogen) atoms. The molecule has 2 heterocycles. The maximum Gasteiger partial charge on any atom is 0.501 e. The molecule has 2 atom stereocenters. The van der Waals surface area contributed by atoms with E-state index in [1.807, 2.05) is 19.1 Å². The maximum absolute atomic E-state index is 13.7. The number of nitrogens with zero attached hydrogens (tertiary/aromatic N) is 3. The van der Waals surface area contributed by atoms with Crippen molar-refractivity contribution in [1.29, 1.82) is 0 Å². The SMILES string of the molecule is CNc1ccc2nccc(N3C(=O)N(c4ccc(S(=O)(=O)C(F)(F)F)cc4)C(=O)C34CC4C)c2c1. The first-order chi connectivity index (χ1) is 16.4. The number of anilines is 3. The number of pyridine rings is 1. The van der Waals surface area contributed by atoms with Gasteiger partial charge in [-0.1, -0.05) is 6.92 Å². The highest BCUT2D eigenvalue weighted by atomic mass is 32.2. The van der Waals surface area contributed by atoms with E-state index >= 15 is 0 Å². The Morgan fingerprint density at radius 1 is 1.09 bits per heavy atom. The second kappa shape index (κ2) is 7.41. The van der Waals surface area contributed by atoms with Gasteiger partial charge in [0.1, 0.15) is 5.54 Å². The number of carbonyl (C=O) groups is 2. The minimum Gasteiger partial charge on any atom is -0.388 e. The van der Waals surface area contributed by atoms with Crippen LogP contribution in [0.2, 0.25) is 0 Å². The summed E-state index contributed by atoms with van der Waals surface area (Å²) in [6.45, 7) is 1.84. The first kappa shape index (κ1) is 23.1. The molecule has 1 N–H and O–H groups in total. The molecule has 1 spiro atoms. The number of alkyl halides is 3. The molecule has 5 rings (SSSR count). The Balaban J connectivity index is 1.60. The van der Waals surface area contributed by atoms with E-state index in [0.29, 0.717) is 23.0 Å². The van der Waals surface area contributed by atoms with E-state index in [4.69, 9.17) is 0 Å². The lowest BCUT2D eigenvalue weighted by Crippen LogP contribution is -2.39. The summed E-state index contributed by atoms with van der Waals surface area (Å²) in [5, 5.41) is 3.67. The zero-order valence-corrected chi connectivity index (χ0v) is 19.3. The van der Waals surface area contributed by atoms with Crippen molar-refractivity contribution < 1.29 is 31.2 Å². The van der Waals surface area contributed by atoms with Gasteiger partial charge in [-0.2, -0.15) is 13.2 Å². The summed E-state index contributed by atoms with van der Waals surface area (Å²) in [4.78, 5) is 32.9. The van der Waals surface area contributed by atoms with Gasteiger partial charge in [0, 0.05) is 24.3 Å². The topological polar surface area (TPSA) is 99.7 Å². The van der Waals surface area contributed by atoms with E-state index in [1.54, 1.807) is 19.2 Å². The number of urea groups is 1. The number of imide groups is 1. The Morgan fingerprint density at radius 2 is 1.74 bits per heavy atom. The lowest BCUT2D eigenvalue weighted by Gasteiger charge is -2.24. The van der Waals surface area contributed by atoms with Crippen LogP contribution in [0, 0.1) is 5.92 Å². The second-order valence-corrected chi connectivity index (χ2v) is 10.5. The number of benzene rings is 2. The summed E-state index contributed by atoms with van der Waals surface area (Å²) < 4.78 is 62.1. The molecular formula is C23H19F3N4O4S. The molecular weight excluding hydrogens is 485 g/mol. The fraction of sp³-hybridized carbons (Fsp3) is 0.261. The largest absolute Gasteiger partial charge is 0.501 e. The predicted octanol–water partition coefficient (Wildman–Crippen LogP) is 4.32. The van der Waals surface area contributed by atoms with Gasteiger partial charge >= 0.3 is 11.5 Å². The number of halogens is 3. The van der Waals surface area contributed by atoms with E-state index in [-0.39, 0.29) is 11.6 Å². The van der Waals surface area contributed by atoms with E-state index in [9.17, 15) is 31.2 Å². The fourth-order valence-corrected chi connectivity index (χ4v) is 5.36. The van der Waals surface area contributed by atoms with Crippen LogP contribution in [0.3, 0.4) is 0 Å². The van der Waals surface area contributed by atoms with Crippen LogP contribution in [0.25, 0.3) is 10.9 Å². The van der Waals surface area contributed by atoms with Crippen LogP contribution in [0.4, 0.5) is 35.0 Å². The van der Waals surface area contributed by atoms with Gasteiger partial charge < -0.3 is 5.32 Å². The minimum absolute atomic E-state index is 0.0172. The first-order valence-electron chi connectivity index (χ1n) is 10.6. The average molecular weight is 504 g/mol. The number of rotatable bonds is 4. The Bertz CT molecular complexity index is 1490. The second-order valence-electron chi connectivity index (χ2n) is 8.54. The highest BCUT2D eigenvalue weighted by Gasteiger charge is 2.70. The zero-order chi connectivity index (χ0) is 25.3. The normalized spacial score (nSPS) is 22.4. The average Bonchev–Trinajstić information content (AvgIpc) is 3.44. The molecule has 182 valence electrons. The van der Waals surface area contributed by atoms with Gasteiger partial charge in [0.2, 0.25) is 0 Å². The van der Waals surface area contributed by atoms with E-state index in [0.717, 1.165) is 34.9 Å². The number of carbonyl (C=O) groups excluding carboxylic acids is 2. The van der Waals surface area contributed by atoms with Gasteiger partial charge in [-0.3, -0.25) is 14.7 Å². The summed E-state index contributed by atoms with van der Waals surface area (Å²) in [6.07, 6.45) is 1.94. The first-order valence-corrected chi connectivity index (χ1v) is 12.1. The summed E-state index contributed by atoms with van der Waals surface area (Å²) in [7, 11) is -3.81. The van der Waals surface area contributed by atoms with E-state index < -0.39 is 37.7 Å². The molecule has 8 nitrogen and oxygen atoms in total. The number of amides is 3. The fourth-order valence-electron chi connectivity index (χ4n) is 4.60. The van der Waals surface area contributed by atoms with Crippen molar-refractivity contribution in [3.8, 4) is 0 Å². The van der Waals surface area contributed by atoms with Crippen LogP contribution < -0.4 is 15.1 Å². The molecule has 3 amide bonds. The minimum atomic E-state index is -5.56. The molecule has 1 aromatic heterocycles. The third-order valence-corrected chi connectivity index (χ3v) is 8.09. The number of aromatic nitrogens is 1. The van der Waals surface area contributed by atoms with Crippen molar-refractivity contribution >= 4 is 49.7 Å². The monoisotopic (exact) mass is 504 g/mol. The molecule has 2 unspecified atom stereocenters. The van der Waals surface area contributed by atoms with Crippen molar-refractivity contribution in [2.24, 2.45) is 5.92 Å². The highest BCUT2D eigenvalue weighted by Crippen LogP contribution is 2.56. The number of nitrogens with one attached hydrogen (secondary N) is 1. The predicted molar refractivity (Wildman–Crippen MR) is 123 cm³/mol. The number of sulfone groups is 1. The van der Waals surface area contributed by atoms with E-state index in [2.05, 4.69) is 10.3 Å². The van der Waals surface area contributed by atoms with Gasteiger partial charge in [-0.15, -0.1) is 0 Å². The highest BCUT2D eigenvalue weighted by molar-refractivity contribution is 7.92. The van der Waals surface area contributed by atoms with Crippen molar-refractivity contribution in [3.63, 3.8) is 0 Å². The van der Waals surface area contributed by atoms with Crippen LogP contribution in [0.1, 0.15) is 13.3 Å². The van der Waals surface area contributed by atoms with Crippen molar-refractivity contribution in [3.05, 3.63) is 54.7 Å². The number of hydrogen-bond acceptors (Lipinski definition) is 6. The maximum atomic E-state index is 13.7. The molecule has 2 aliphatic rings. The van der Waals surface area contributed by atoms with Gasteiger partial charge in [0.25, 0.3) is 15.7 Å². The molecule has 3 aromatic rings. The van der Waals surface area contributed by atoms with Crippen LogP contribution in [-0.4, -0.2) is 43.4 Å². The van der Waals surface area contributed by atoms with Gasteiger partial charge in [0.05, 0.1) is 21.8 Å². The molecule has 0 radical (unpaired) electrons. The third-order valence-electron chi connectivity index (χ3n) is 6.59. The summed E-state index contributed by atoms with van der Waals surface area (Å²) in [5.74, 6) is -0.680. The van der Waals surface area contributed by atoms with Crippen LogP contribution in [0.5, 0.6) is 0 Å². The Labute approximate surface area is 198 Å². The molecule has 2 aromatic carbocycles. The zero-order valence-electron chi connectivity index (χ0n) is 18.5. The van der Waals surface area contributed by atoms with Gasteiger partial charge in [0.15, 0.2) is 0 Å². The molecule has 1 aliphatic carbocycles. The summed E-state index contributed by atoms with van der Waals surface area (Å²) >= 11 is 0. The Kier molecular flexibility index (Phi) is 4.89. The standard InChI is InChI=1S/C23H19F3N4O4S/c1-13-12-22(13)20(31)29(15-4-6-16(7-5-15)35(33,34)23(24,25)26)21(32)30(22)19-9-10-28-18-8-3-14(27-2)11-17(18)19/h3-11,13,27H,12H2,1-2H3. The van der Waals surface area contributed by atoms with Crippen LogP contribution >= 0.6 is 0 Å². The lowest BCUT2D eigenvalue weighted by atomic mass is 10.1. The molecule has 1 aliphatic heterocycles. The van der Waals surface area contributed by atoms with Crippen molar-refractivity contribution in [2.45, 2.75) is 29.3 Å². The van der Waals surface area contributed by atoms with Gasteiger partial charge in [-0.05, 0) is 60.9 Å². The smallest absolute Gasteiger partial charge is 0.388 e. The lowest BCUT2D eigenvalue weighted by molar-refractivity contribution is -0.119. The molecule has 1 saturated carbocycles. The van der Waals surface area contributed by atoms with Crippen LogP contribution in [-0.2, 0) is 14.6 Å². The quantitative estimate of drug-likeness (QED) is 0.532. The van der Waals surface area contributed by atoms with Crippen LogP contribution in [0.15, 0.2) is 59.6 Å². The molecule has 1 saturated heterocycles. The number of fused-ring (bicyclic) bond motifs is 1. The molecule has 0 bridgehead atoms.